The first kappa shape index (κ1) is 12.6. The zero-order valence-corrected chi connectivity index (χ0v) is 10.4. The summed E-state index contributed by atoms with van der Waals surface area (Å²) in [5.41, 5.74) is -0.250. The predicted octanol–water partition coefficient (Wildman–Crippen LogP) is 2.96. The number of ketones is 1. The Morgan fingerprint density at radius 1 is 1.56 bits per heavy atom. The summed E-state index contributed by atoms with van der Waals surface area (Å²) in [5.74, 6) is -0.152. The van der Waals surface area contributed by atoms with Gasteiger partial charge in [-0.05, 0) is 41.9 Å². The van der Waals surface area contributed by atoms with Crippen LogP contribution in [0.3, 0.4) is 0 Å². The van der Waals surface area contributed by atoms with Gasteiger partial charge < -0.3 is 4.74 Å². The molecule has 5 nitrogen and oxygen atoms in total. The van der Waals surface area contributed by atoms with Crippen molar-refractivity contribution in [2.24, 2.45) is 0 Å². The molecule has 0 fully saturated rings. The second-order valence-corrected chi connectivity index (χ2v) is 3.87. The number of benzene rings is 1. The van der Waals surface area contributed by atoms with Crippen molar-refractivity contribution in [2.75, 3.05) is 6.61 Å². The molecule has 0 radical (unpaired) electrons. The van der Waals surface area contributed by atoms with Crippen LogP contribution < -0.4 is 4.74 Å². The maximum atomic E-state index is 11.4. The minimum Gasteiger partial charge on any atom is -0.493 e. The Bertz CT molecular complexity index is 445. The van der Waals surface area contributed by atoms with Crippen LogP contribution in [0, 0.1) is 10.1 Å². The van der Waals surface area contributed by atoms with Crippen LogP contribution in [0.25, 0.3) is 0 Å². The molecule has 0 amide bonds. The quantitative estimate of drug-likeness (QED) is 0.485. The number of ether oxygens (including phenoxy) is 1. The van der Waals surface area contributed by atoms with Gasteiger partial charge in [-0.15, -0.1) is 0 Å². The van der Waals surface area contributed by atoms with E-state index in [0.29, 0.717) is 6.61 Å². The zero-order valence-electron chi connectivity index (χ0n) is 8.82. The number of halogens is 1. The number of carbonyl (C=O) groups excluding carboxylic acids is 1. The van der Waals surface area contributed by atoms with Gasteiger partial charge in [-0.2, -0.15) is 0 Å². The lowest BCUT2D eigenvalue weighted by Gasteiger charge is -2.09. The number of hydrogen-bond donors (Lipinski definition) is 0. The number of nitrogens with zero attached hydrogens (tertiary/aromatic N) is 1. The summed E-state index contributed by atoms with van der Waals surface area (Å²) in [6.07, 6.45) is 0. The van der Waals surface area contributed by atoms with Gasteiger partial charge in [0, 0.05) is 0 Å². The average Bonchev–Trinajstić information content (AvgIpc) is 2.19. The van der Waals surface area contributed by atoms with Crippen LogP contribution in [-0.4, -0.2) is 17.3 Å². The number of nitro benzene ring substituents is 1. The molecule has 0 atom stereocenters. The molecule has 0 bridgehead atoms. The minimum absolute atomic E-state index is 0.00113. The molecule has 1 aromatic carbocycles. The Hall–Kier alpha value is -1.43. The van der Waals surface area contributed by atoms with Gasteiger partial charge in [0.25, 0.3) is 5.69 Å². The van der Waals surface area contributed by atoms with Gasteiger partial charge in [0.05, 0.1) is 16.0 Å². The molecule has 0 spiro atoms. The third kappa shape index (κ3) is 2.38. The van der Waals surface area contributed by atoms with E-state index in [1.165, 1.54) is 19.1 Å². The van der Waals surface area contributed by atoms with Crippen molar-refractivity contribution < 1.29 is 14.5 Å². The van der Waals surface area contributed by atoms with Gasteiger partial charge >= 0.3 is 0 Å². The molecular weight excluding hydrogens is 278 g/mol. The molecule has 0 unspecified atom stereocenters. The van der Waals surface area contributed by atoms with E-state index < -0.39 is 10.7 Å². The smallest absolute Gasteiger partial charge is 0.298 e. The summed E-state index contributed by atoms with van der Waals surface area (Å²) in [6, 6.07) is 3.03. The van der Waals surface area contributed by atoms with Crippen molar-refractivity contribution in [3.05, 3.63) is 32.3 Å². The summed E-state index contributed by atoms with van der Waals surface area (Å²) in [5, 5.41) is 10.9. The fraction of sp³-hybridized carbons (Fsp3) is 0.300. The molecule has 1 rings (SSSR count). The molecule has 0 heterocycles. The highest BCUT2D eigenvalue weighted by Gasteiger charge is 2.25. The highest BCUT2D eigenvalue weighted by molar-refractivity contribution is 9.10. The van der Waals surface area contributed by atoms with Crippen molar-refractivity contribution in [2.45, 2.75) is 13.8 Å². The van der Waals surface area contributed by atoms with Gasteiger partial charge in [0.2, 0.25) is 0 Å². The molecule has 0 aromatic heterocycles. The Labute approximate surface area is 101 Å². The van der Waals surface area contributed by atoms with Crippen molar-refractivity contribution in [3.63, 3.8) is 0 Å². The van der Waals surface area contributed by atoms with Crippen molar-refractivity contribution in [3.8, 4) is 5.75 Å². The SMILES string of the molecule is CCOc1ccc(Br)c([N+](=O)[O-])c1C(C)=O. The summed E-state index contributed by atoms with van der Waals surface area (Å²) in [6.45, 7) is 3.37. The largest absolute Gasteiger partial charge is 0.493 e. The Balaban J connectivity index is 3.49. The van der Waals surface area contributed by atoms with Gasteiger partial charge in [-0.25, -0.2) is 0 Å². The zero-order chi connectivity index (χ0) is 12.3. The maximum Gasteiger partial charge on any atom is 0.298 e. The number of hydrogen-bond acceptors (Lipinski definition) is 4. The van der Waals surface area contributed by atoms with Gasteiger partial charge in [-0.3, -0.25) is 14.9 Å². The Morgan fingerprint density at radius 2 is 2.19 bits per heavy atom. The molecule has 0 aliphatic carbocycles. The molecule has 0 aliphatic heterocycles. The fourth-order valence-electron chi connectivity index (χ4n) is 1.34. The summed E-state index contributed by atoms with van der Waals surface area (Å²) >= 11 is 3.05. The summed E-state index contributed by atoms with van der Waals surface area (Å²) in [7, 11) is 0. The minimum atomic E-state index is -0.594. The molecule has 0 aliphatic rings. The third-order valence-electron chi connectivity index (χ3n) is 1.92. The fourth-order valence-corrected chi connectivity index (χ4v) is 1.82. The van der Waals surface area contributed by atoms with Gasteiger partial charge in [-0.1, -0.05) is 0 Å². The van der Waals surface area contributed by atoms with Crippen LogP contribution in [0.1, 0.15) is 24.2 Å². The van der Waals surface area contributed by atoms with Crippen molar-refractivity contribution in [1.82, 2.24) is 0 Å². The number of Topliss-reactive ketones (excluding diaryl/α,β-unsaturated/α-hetero) is 1. The maximum absolute atomic E-state index is 11.4. The van der Waals surface area contributed by atoms with E-state index in [2.05, 4.69) is 15.9 Å². The normalized spacial score (nSPS) is 9.94. The lowest BCUT2D eigenvalue weighted by Crippen LogP contribution is -2.05. The standard InChI is InChI=1S/C10H10BrNO4/c1-3-16-8-5-4-7(11)10(12(14)15)9(8)6(2)13/h4-5H,3H2,1-2H3. The van der Waals surface area contributed by atoms with Crippen LogP contribution in [0.4, 0.5) is 5.69 Å². The summed E-state index contributed by atoms with van der Waals surface area (Å²) < 4.78 is 5.47. The van der Waals surface area contributed by atoms with E-state index in [1.807, 2.05) is 0 Å². The van der Waals surface area contributed by atoms with Crippen molar-refractivity contribution >= 4 is 27.4 Å². The molecule has 0 N–H and O–H groups in total. The molecule has 1 aromatic rings. The van der Waals surface area contributed by atoms with Crippen LogP contribution in [-0.2, 0) is 0 Å². The molecule has 86 valence electrons. The Morgan fingerprint density at radius 3 is 2.62 bits per heavy atom. The molecule has 6 heteroatoms. The first-order valence-corrected chi connectivity index (χ1v) is 5.39. The topological polar surface area (TPSA) is 69.4 Å². The lowest BCUT2D eigenvalue weighted by molar-refractivity contribution is -0.386. The van der Waals surface area contributed by atoms with Crippen LogP contribution >= 0.6 is 15.9 Å². The van der Waals surface area contributed by atoms with E-state index >= 15 is 0 Å². The van der Waals surface area contributed by atoms with Crippen LogP contribution in [0.5, 0.6) is 5.75 Å². The van der Waals surface area contributed by atoms with E-state index in [4.69, 9.17) is 4.74 Å². The second-order valence-electron chi connectivity index (χ2n) is 3.02. The first-order valence-electron chi connectivity index (χ1n) is 4.59. The highest BCUT2D eigenvalue weighted by atomic mass is 79.9. The van der Waals surface area contributed by atoms with Crippen molar-refractivity contribution in [1.29, 1.82) is 0 Å². The molecule has 0 saturated carbocycles. The molecule has 16 heavy (non-hydrogen) atoms. The predicted molar refractivity (Wildman–Crippen MR) is 62.0 cm³/mol. The van der Waals surface area contributed by atoms with E-state index in [-0.39, 0.29) is 21.5 Å². The van der Waals surface area contributed by atoms with E-state index in [1.54, 1.807) is 6.92 Å². The molecule has 0 saturated heterocycles. The van der Waals surface area contributed by atoms with Crippen LogP contribution in [0.2, 0.25) is 0 Å². The van der Waals surface area contributed by atoms with Crippen LogP contribution in [0.15, 0.2) is 16.6 Å². The third-order valence-corrected chi connectivity index (χ3v) is 2.56. The number of nitro groups is 1. The van der Waals surface area contributed by atoms with E-state index in [0.717, 1.165) is 0 Å². The van der Waals surface area contributed by atoms with E-state index in [9.17, 15) is 14.9 Å². The number of rotatable bonds is 4. The average molecular weight is 288 g/mol. The monoisotopic (exact) mass is 287 g/mol. The lowest BCUT2D eigenvalue weighted by atomic mass is 10.1. The van der Waals surface area contributed by atoms with Gasteiger partial charge in [0.15, 0.2) is 5.78 Å². The first-order chi connectivity index (χ1) is 7.49. The molecular formula is C10H10BrNO4. The second kappa shape index (κ2) is 5.07. The number of carbonyl (C=O) groups is 1. The highest BCUT2D eigenvalue weighted by Crippen LogP contribution is 2.35. The van der Waals surface area contributed by atoms with Gasteiger partial charge in [0.1, 0.15) is 11.3 Å². The summed E-state index contributed by atoms with van der Waals surface area (Å²) in [4.78, 5) is 21.7. The Kier molecular flexibility index (Phi) is 4.00.